The first-order valence-corrected chi connectivity index (χ1v) is 9.28. The van der Waals surface area contributed by atoms with Crippen molar-refractivity contribution < 1.29 is 17.6 Å². The lowest BCUT2D eigenvalue weighted by molar-refractivity contribution is 0.0945. The Morgan fingerprint density at radius 3 is 2.08 bits per heavy atom. The number of halogens is 1. The fourth-order valence-electron chi connectivity index (χ4n) is 2.27. The van der Waals surface area contributed by atoms with Gasteiger partial charge in [0.15, 0.2) is 0 Å². The van der Waals surface area contributed by atoms with Gasteiger partial charge in [-0.2, -0.15) is 0 Å². The molecular formula is C17H20FN3O3S. The zero-order valence-corrected chi connectivity index (χ0v) is 14.8. The SMILES string of the molecule is CCN(CC)c1ccc(C(=O)NNS(=O)(=O)c2ccc(F)cc2)cc1. The molecule has 2 aromatic carbocycles. The molecule has 0 saturated carbocycles. The van der Waals surface area contributed by atoms with E-state index in [2.05, 4.69) is 10.3 Å². The number of nitrogens with zero attached hydrogens (tertiary/aromatic N) is 1. The van der Waals surface area contributed by atoms with E-state index < -0.39 is 21.7 Å². The zero-order valence-electron chi connectivity index (χ0n) is 14.0. The molecule has 0 spiro atoms. The van der Waals surface area contributed by atoms with Crippen LogP contribution in [0.4, 0.5) is 10.1 Å². The summed E-state index contributed by atoms with van der Waals surface area (Å²) < 4.78 is 37.0. The van der Waals surface area contributed by atoms with E-state index in [-0.39, 0.29) is 4.90 Å². The molecule has 2 aromatic rings. The number of hydrogen-bond donors (Lipinski definition) is 2. The molecule has 0 aliphatic rings. The van der Waals surface area contributed by atoms with Gasteiger partial charge < -0.3 is 4.90 Å². The molecule has 2 N–H and O–H groups in total. The Bertz CT molecular complexity index is 817. The number of benzene rings is 2. The molecule has 0 aromatic heterocycles. The number of amides is 1. The third kappa shape index (κ3) is 4.77. The van der Waals surface area contributed by atoms with Crippen LogP contribution in [-0.4, -0.2) is 27.4 Å². The highest BCUT2D eigenvalue weighted by molar-refractivity contribution is 7.89. The minimum absolute atomic E-state index is 0.147. The van der Waals surface area contributed by atoms with Crippen LogP contribution in [0.2, 0.25) is 0 Å². The predicted octanol–water partition coefficient (Wildman–Crippen LogP) is 2.30. The Balaban J connectivity index is 2.03. The van der Waals surface area contributed by atoms with Gasteiger partial charge in [-0.15, -0.1) is 4.83 Å². The summed E-state index contributed by atoms with van der Waals surface area (Å²) in [6.07, 6.45) is 0. The van der Waals surface area contributed by atoms with Gasteiger partial charge in [0.1, 0.15) is 5.82 Å². The number of anilines is 1. The lowest BCUT2D eigenvalue weighted by Crippen LogP contribution is -2.41. The smallest absolute Gasteiger partial charge is 0.266 e. The van der Waals surface area contributed by atoms with E-state index in [4.69, 9.17) is 0 Å². The van der Waals surface area contributed by atoms with Crippen LogP contribution in [0.5, 0.6) is 0 Å². The number of carbonyl (C=O) groups is 1. The van der Waals surface area contributed by atoms with Crippen LogP contribution in [0.1, 0.15) is 24.2 Å². The third-order valence-corrected chi connectivity index (χ3v) is 4.94. The van der Waals surface area contributed by atoms with E-state index in [0.29, 0.717) is 5.56 Å². The predicted molar refractivity (Wildman–Crippen MR) is 94.2 cm³/mol. The largest absolute Gasteiger partial charge is 0.372 e. The van der Waals surface area contributed by atoms with Gasteiger partial charge in [0, 0.05) is 24.3 Å². The minimum Gasteiger partial charge on any atom is -0.372 e. The first-order valence-electron chi connectivity index (χ1n) is 7.80. The molecular weight excluding hydrogens is 345 g/mol. The Kier molecular flexibility index (Phi) is 6.11. The van der Waals surface area contributed by atoms with Crippen molar-refractivity contribution in [2.45, 2.75) is 18.7 Å². The van der Waals surface area contributed by atoms with Crippen LogP contribution in [0.15, 0.2) is 53.4 Å². The summed E-state index contributed by atoms with van der Waals surface area (Å²) in [6, 6.07) is 11.1. The number of nitrogens with one attached hydrogen (secondary N) is 2. The second-order valence-corrected chi connectivity index (χ2v) is 6.92. The van der Waals surface area contributed by atoms with E-state index in [9.17, 15) is 17.6 Å². The summed E-state index contributed by atoms with van der Waals surface area (Å²) in [5, 5.41) is 0. The molecule has 134 valence electrons. The van der Waals surface area contributed by atoms with E-state index in [1.807, 2.05) is 18.7 Å². The van der Waals surface area contributed by atoms with E-state index in [1.165, 1.54) is 0 Å². The van der Waals surface area contributed by atoms with Crippen LogP contribution in [0, 0.1) is 5.82 Å². The van der Waals surface area contributed by atoms with Crippen molar-refractivity contribution in [3.8, 4) is 0 Å². The molecule has 0 aliphatic heterocycles. The molecule has 0 fully saturated rings. The van der Waals surface area contributed by atoms with Crippen molar-refractivity contribution in [2.75, 3.05) is 18.0 Å². The molecule has 0 radical (unpaired) electrons. The first-order chi connectivity index (χ1) is 11.9. The fourth-order valence-corrected chi connectivity index (χ4v) is 3.11. The van der Waals surface area contributed by atoms with Crippen LogP contribution in [-0.2, 0) is 10.0 Å². The average molecular weight is 365 g/mol. The summed E-state index contributed by atoms with van der Waals surface area (Å²) in [5.74, 6) is -1.13. The topological polar surface area (TPSA) is 78.5 Å². The van der Waals surface area contributed by atoms with Gasteiger partial charge in [-0.25, -0.2) is 12.8 Å². The number of carbonyl (C=O) groups excluding carboxylic acids is 1. The quantitative estimate of drug-likeness (QED) is 0.738. The fraction of sp³-hybridized carbons (Fsp3) is 0.235. The summed E-state index contributed by atoms with van der Waals surface area (Å²) >= 11 is 0. The highest BCUT2D eigenvalue weighted by Crippen LogP contribution is 2.15. The molecule has 0 atom stereocenters. The van der Waals surface area contributed by atoms with Crippen molar-refractivity contribution in [1.29, 1.82) is 0 Å². The Morgan fingerprint density at radius 1 is 1.00 bits per heavy atom. The van der Waals surface area contributed by atoms with Gasteiger partial charge >= 0.3 is 0 Å². The molecule has 6 nitrogen and oxygen atoms in total. The number of hydrazine groups is 1. The standard InChI is InChI=1S/C17H20FN3O3S/c1-3-21(4-2)15-9-5-13(6-10-15)17(22)19-20-25(23,24)16-11-7-14(18)8-12-16/h5-12,20H,3-4H2,1-2H3,(H,19,22). The highest BCUT2D eigenvalue weighted by Gasteiger charge is 2.16. The van der Waals surface area contributed by atoms with Crippen molar-refractivity contribution in [3.05, 3.63) is 59.9 Å². The second-order valence-electron chi connectivity index (χ2n) is 5.23. The molecule has 0 heterocycles. The zero-order chi connectivity index (χ0) is 18.4. The van der Waals surface area contributed by atoms with Gasteiger partial charge in [0.2, 0.25) is 0 Å². The van der Waals surface area contributed by atoms with Crippen molar-refractivity contribution >= 4 is 21.6 Å². The lowest BCUT2D eigenvalue weighted by atomic mass is 10.2. The Hall–Kier alpha value is -2.45. The van der Waals surface area contributed by atoms with Gasteiger partial charge in [-0.1, -0.05) is 0 Å². The highest BCUT2D eigenvalue weighted by atomic mass is 32.2. The minimum atomic E-state index is -3.97. The maximum absolute atomic E-state index is 12.9. The second kappa shape index (κ2) is 8.09. The average Bonchev–Trinajstić information content (AvgIpc) is 2.62. The van der Waals surface area contributed by atoms with Crippen LogP contribution < -0.4 is 15.2 Å². The van der Waals surface area contributed by atoms with E-state index in [1.54, 1.807) is 24.3 Å². The Labute approximate surface area is 146 Å². The van der Waals surface area contributed by atoms with E-state index in [0.717, 1.165) is 43.0 Å². The number of sulfonamides is 1. The molecule has 2 rings (SSSR count). The summed E-state index contributed by atoms with van der Waals surface area (Å²) in [7, 11) is -3.97. The van der Waals surface area contributed by atoms with Crippen LogP contribution in [0.25, 0.3) is 0 Å². The molecule has 0 saturated heterocycles. The Morgan fingerprint density at radius 2 is 1.56 bits per heavy atom. The summed E-state index contributed by atoms with van der Waals surface area (Å²) in [4.78, 5) is 16.1. The van der Waals surface area contributed by atoms with Gasteiger partial charge in [0.25, 0.3) is 15.9 Å². The summed E-state index contributed by atoms with van der Waals surface area (Å²) in [5.41, 5.74) is 3.44. The van der Waals surface area contributed by atoms with Gasteiger partial charge in [0.05, 0.1) is 4.90 Å². The van der Waals surface area contributed by atoms with Gasteiger partial charge in [-0.3, -0.25) is 10.2 Å². The number of rotatable bonds is 7. The monoisotopic (exact) mass is 365 g/mol. The molecule has 1 amide bonds. The van der Waals surface area contributed by atoms with Crippen molar-refractivity contribution in [3.63, 3.8) is 0 Å². The van der Waals surface area contributed by atoms with Crippen LogP contribution in [0.3, 0.4) is 0 Å². The normalized spacial score (nSPS) is 11.2. The van der Waals surface area contributed by atoms with Gasteiger partial charge in [-0.05, 0) is 62.4 Å². The molecule has 0 aliphatic carbocycles. The molecule has 25 heavy (non-hydrogen) atoms. The molecule has 8 heteroatoms. The lowest BCUT2D eigenvalue weighted by Gasteiger charge is -2.21. The molecule has 0 bridgehead atoms. The maximum atomic E-state index is 12.9. The maximum Gasteiger partial charge on any atom is 0.266 e. The first kappa shape index (κ1) is 18.9. The molecule has 0 unspecified atom stereocenters. The number of hydrogen-bond acceptors (Lipinski definition) is 4. The van der Waals surface area contributed by atoms with Crippen molar-refractivity contribution in [2.24, 2.45) is 0 Å². The third-order valence-electron chi connectivity index (χ3n) is 3.68. The van der Waals surface area contributed by atoms with Crippen molar-refractivity contribution in [1.82, 2.24) is 10.3 Å². The van der Waals surface area contributed by atoms with Crippen LogP contribution >= 0.6 is 0 Å². The van der Waals surface area contributed by atoms with E-state index >= 15 is 0 Å². The summed E-state index contributed by atoms with van der Waals surface area (Å²) in [6.45, 7) is 5.77.